The maximum atomic E-state index is 5.37. The maximum Gasteiger partial charge on any atom is 0.0971 e. The number of ether oxygens (including phenoxy) is 1. The number of unbranched alkanes of at least 4 members (excludes halogenated alkanes) is 1. The van der Waals surface area contributed by atoms with Crippen LogP contribution < -0.4 is 0 Å². The second-order valence-corrected chi connectivity index (χ2v) is 2.59. The van der Waals surface area contributed by atoms with Gasteiger partial charge < -0.3 is 4.74 Å². The van der Waals surface area contributed by atoms with Crippen LogP contribution in [0.1, 0.15) is 39.0 Å². The molecule has 53 valence electrons. The second kappa shape index (κ2) is 3.89. The van der Waals surface area contributed by atoms with E-state index in [1.54, 1.807) is 0 Å². The Hall–Kier alpha value is -0.0400. The van der Waals surface area contributed by atoms with Gasteiger partial charge in [-0.1, -0.05) is 19.8 Å². The van der Waals surface area contributed by atoms with Gasteiger partial charge in [0.25, 0.3) is 0 Å². The molecule has 0 spiro atoms. The van der Waals surface area contributed by atoms with E-state index >= 15 is 0 Å². The maximum absolute atomic E-state index is 5.37. The predicted octanol–water partition coefficient (Wildman–Crippen LogP) is 2.52. The Morgan fingerprint density at radius 1 is 1.56 bits per heavy atom. The van der Waals surface area contributed by atoms with Crippen LogP contribution in [0.15, 0.2) is 0 Å². The summed E-state index contributed by atoms with van der Waals surface area (Å²) >= 11 is 0. The molecule has 0 aromatic carbocycles. The molecular formula is C8H15O. The first kappa shape index (κ1) is 7.07. The summed E-state index contributed by atoms with van der Waals surface area (Å²) in [7, 11) is 0. The summed E-state index contributed by atoms with van der Waals surface area (Å²) in [6, 6.07) is 0. The molecule has 0 amide bonds. The van der Waals surface area contributed by atoms with E-state index in [-0.39, 0.29) is 0 Å². The molecule has 0 saturated carbocycles. The minimum absolute atomic E-state index is 0.971. The summed E-state index contributed by atoms with van der Waals surface area (Å²) in [5.74, 6) is 0. The van der Waals surface area contributed by atoms with Crippen molar-refractivity contribution < 1.29 is 4.74 Å². The van der Waals surface area contributed by atoms with Gasteiger partial charge in [0.2, 0.25) is 0 Å². The molecule has 1 fully saturated rings. The molecule has 1 aliphatic heterocycles. The van der Waals surface area contributed by atoms with Crippen LogP contribution in [0.4, 0.5) is 0 Å². The SMILES string of the molecule is CCCC[C]1CCCO1. The Labute approximate surface area is 57.4 Å². The lowest BCUT2D eigenvalue weighted by Crippen LogP contribution is -1.92. The van der Waals surface area contributed by atoms with Crippen LogP contribution in [0, 0.1) is 6.10 Å². The quantitative estimate of drug-likeness (QED) is 0.566. The molecule has 0 aliphatic carbocycles. The van der Waals surface area contributed by atoms with Crippen molar-refractivity contribution in [2.24, 2.45) is 0 Å². The molecule has 0 bridgehead atoms. The van der Waals surface area contributed by atoms with Crippen LogP contribution in [0.3, 0.4) is 0 Å². The van der Waals surface area contributed by atoms with Crippen molar-refractivity contribution in [3.8, 4) is 0 Å². The van der Waals surface area contributed by atoms with E-state index in [9.17, 15) is 0 Å². The highest BCUT2D eigenvalue weighted by Crippen LogP contribution is 2.24. The monoisotopic (exact) mass is 127 g/mol. The molecule has 1 heterocycles. The first-order valence-corrected chi connectivity index (χ1v) is 3.91. The first-order chi connectivity index (χ1) is 4.43. The van der Waals surface area contributed by atoms with Gasteiger partial charge in [0.05, 0.1) is 6.10 Å². The third-order valence-electron chi connectivity index (χ3n) is 1.72. The van der Waals surface area contributed by atoms with E-state index in [0.717, 1.165) is 6.61 Å². The molecule has 0 aromatic heterocycles. The van der Waals surface area contributed by atoms with E-state index in [0.29, 0.717) is 0 Å². The number of hydrogen-bond donors (Lipinski definition) is 0. The summed E-state index contributed by atoms with van der Waals surface area (Å²) in [6.45, 7) is 3.19. The van der Waals surface area contributed by atoms with Gasteiger partial charge in [-0.2, -0.15) is 0 Å². The topological polar surface area (TPSA) is 9.23 Å². The highest BCUT2D eigenvalue weighted by atomic mass is 16.5. The standard InChI is InChI=1S/C8H15O/c1-2-3-5-8-6-4-7-9-8/h2-7H2,1H3. The molecule has 1 saturated heterocycles. The molecule has 0 aromatic rings. The van der Waals surface area contributed by atoms with Crippen LogP contribution in [-0.4, -0.2) is 6.61 Å². The number of rotatable bonds is 3. The van der Waals surface area contributed by atoms with Gasteiger partial charge in [0.1, 0.15) is 0 Å². The summed E-state index contributed by atoms with van der Waals surface area (Å²) in [4.78, 5) is 0. The van der Waals surface area contributed by atoms with Crippen molar-refractivity contribution in [3.05, 3.63) is 6.10 Å². The summed E-state index contributed by atoms with van der Waals surface area (Å²) in [6.07, 6.45) is 7.61. The lowest BCUT2D eigenvalue weighted by molar-refractivity contribution is 0.187. The molecule has 0 N–H and O–H groups in total. The highest BCUT2D eigenvalue weighted by Gasteiger charge is 2.14. The van der Waals surface area contributed by atoms with Gasteiger partial charge in [-0.25, -0.2) is 0 Å². The lowest BCUT2D eigenvalue weighted by atomic mass is 10.1. The van der Waals surface area contributed by atoms with Crippen molar-refractivity contribution in [2.75, 3.05) is 6.61 Å². The van der Waals surface area contributed by atoms with Crippen LogP contribution in [0.2, 0.25) is 0 Å². The minimum atomic E-state index is 0.971. The molecule has 9 heavy (non-hydrogen) atoms. The molecular weight excluding hydrogens is 112 g/mol. The average molecular weight is 127 g/mol. The van der Waals surface area contributed by atoms with Gasteiger partial charge in [0, 0.05) is 6.61 Å². The minimum Gasteiger partial charge on any atom is -0.372 e. The molecule has 1 radical (unpaired) electrons. The van der Waals surface area contributed by atoms with Gasteiger partial charge in [-0.15, -0.1) is 0 Å². The van der Waals surface area contributed by atoms with Gasteiger partial charge >= 0.3 is 0 Å². The van der Waals surface area contributed by atoms with Crippen LogP contribution in [0.25, 0.3) is 0 Å². The third kappa shape index (κ3) is 2.35. The lowest BCUT2D eigenvalue weighted by Gasteiger charge is -2.04. The van der Waals surface area contributed by atoms with Gasteiger partial charge in [0.15, 0.2) is 0 Å². The van der Waals surface area contributed by atoms with E-state index in [2.05, 4.69) is 6.92 Å². The fourth-order valence-electron chi connectivity index (χ4n) is 1.13. The molecule has 0 unspecified atom stereocenters. The van der Waals surface area contributed by atoms with Crippen molar-refractivity contribution in [3.63, 3.8) is 0 Å². The molecule has 1 heteroatoms. The van der Waals surface area contributed by atoms with Crippen LogP contribution in [0.5, 0.6) is 0 Å². The van der Waals surface area contributed by atoms with E-state index in [4.69, 9.17) is 4.74 Å². The first-order valence-electron chi connectivity index (χ1n) is 3.91. The Bertz CT molecular complexity index is 65.0. The summed E-state index contributed by atoms with van der Waals surface area (Å²) in [5.41, 5.74) is 0. The number of hydrogen-bond acceptors (Lipinski definition) is 1. The molecule has 1 aliphatic rings. The summed E-state index contributed by atoms with van der Waals surface area (Å²) < 4.78 is 5.37. The van der Waals surface area contributed by atoms with E-state index in [1.807, 2.05) is 0 Å². The fourth-order valence-corrected chi connectivity index (χ4v) is 1.13. The zero-order valence-corrected chi connectivity index (χ0v) is 6.15. The fraction of sp³-hybridized carbons (Fsp3) is 0.875. The predicted molar refractivity (Wildman–Crippen MR) is 38.0 cm³/mol. The smallest absolute Gasteiger partial charge is 0.0971 e. The molecule has 0 atom stereocenters. The van der Waals surface area contributed by atoms with E-state index < -0.39 is 0 Å². The summed E-state index contributed by atoms with van der Waals surface area (Å²) in [5, 5.41) is 0. The molecule has 1 rings (SSSR count). The van der Waals surface area contributed by atoms with Crippen LogP contribution >= 0.6 is 0 Å². The van der Waals surface area contributed by atoms with Gasteiger partial charge in [-0.3, -0.25) is 0 Å². The average Bonchev–Trinajstić information content (AvgIpc) is 2.34. The third-order valence-corrected chi connectivity index (χ3v) is 1.72. The normalized spacial score (nSPS) is 21.0. The van der Waals surface area contributed by atoms with Crippen molar-refractivity contribution in [2.45, 2.75) is 39.0 Å². The Kier molecular flexibility index (Phi) is 3.05. The van der Waals surface area contributed by atoms with Crippen molar-refractivity contribution in [1.82, 2.24) is 0 Å². The zero-order valence-electron chi connectivity index (χ0n) is 6.15. The Balaban J connectivity index is 1.98. The Morgan fingerprint density at radius 2 is 2.44 bits per heavy atom. The van der Waals surface area contributed by atoms with Crippen LogP contribution in [-0.2, 0) is 4.74 Å². The molecule has 1 nitrogen and oxygen atoms in total. The van der Waals surface area contributed by atoms with E-state index in [1.165, 1.54) is 38.2 Å². The van der Waals surface area contributed by atoms with Crippen molar-refractivity contribution in [1.29, 1.82) is 0 Å². The highest BCUT2D eigenvalue weighted by molar-refractivity contribution is 4.82. The van der Waals surface area contributed by atoms with Crippen molar-refractivity contribution >= 4 is 0 Å². The largest absolute Gasteiger partial charge is 0.372 e. The zero-order chi connectivity index (χ0) is 6.53. The Morgan fingerprint density at radius 3 is 3.00 bits per heavy atom. The van der Waals surface area contributed by atoms with Gasteiger partial charge in [-0.05, 0) is 19.3 Å². The second-order valence-electron chi connectivity index (χ2n) is 2.59.